The number of benzene rings is 3. The first-order chi connectivity index (χ1) is 12.7. The number of pyridine rings is 1. The molecule has 1 heterocycles. The molecule has 0 spiro atoms. The van der Waals surface area contributed by atoms with Gasteiger partial charge in [0.05, 0.1) is 11.2 Å². The number of fused-ring (bicyclic) bond motifs is 1. The summed E-state index contributed by atoms with van der Waals surface area (Å²) in [5.74, 6) is -1.76. The summed E-state index contributed by atoms with van der Waals surface area (Å²) in [6.45, 7) is 0. The van der Waals surface area contributed by atoms with Gasteiger partial charge in [0.15, 0.2) is 11.6 Å². The number of nitrogens with zero attached hydrogens (tertiary/aromatic N) is 1. The Kier molecular flexibility index (Phi) is 4.28. The molecule has 1 aromatic heterocycles. The molecule has 3 heteroatoms. The summed E-state index contributed by atoms with van der Waals surface area (Å²) in [4.78, 5) is 4.60. The Morgan fingerprint density at radius 2 is 1.50 bits per heavy atom. The zero-order chi connectivity index (χ0) is 17.9. The minimum Gasteiger partial charge on any atom is -0.247 e. The maximum atomic E-state index is 14.4. The second-order valence-corrected chi connectivity index (χ2v) is 5.96. The molecule has 0 atom stereocenters. The largest absolute Gasteiger partial charge is 0.247 e. The predicted octanol–water partition coefficient (Wildman–Crippen LogP) is 6.35. The highest BCUT2D eigenvalue weighted by Gasteiger charge is 2.14. The van der Waals surface area contributed by atoms with Crippen LogP contribution in [0.5, 0.6) is 0 Å². The van der Waals surface area contributed by atoms with Crippen molar-refractivity contribution in [2.24, 2.45) is 0 Å². The van der Waals surface area contributed by atoms with Crippen LogP contribution in [0.2, 0.25) is 0 Å². The van der Waals surface area contributed by atoms with E-state index in [-0.39, 0.29) is 5.56 Å². The molecule has 1 nitrogen and oxygen atoms in total. The van der Waals surface area contributed by atoms with Gasteiger partial charge in [-0.05, 0) is 29.8 Å². The van der Waals surface area contributed by atoms with Crippen molar-refractivity contribution in [1.82, 2.24) is 4.98 Å². The lowest BCUT2D eigenvalue weighted by molar-refractivity contribution is 0.511. The molecule has 4 aromatic rings. The van der Waals surface area contributed by atoms with E-state index in [4.69, 9.17) is 0 Å². The summed E-state index contributed by atoms with van der Waals surface area (Å²) in [5, 5.41) is 0.945. The fourth-order valence-corrected chi connectivity index (χ4v) is 2.91. The quantitative estimate of drug-likeness (QED) is 0.422. The molecule has 0 radical (unpaired) electrons. The molecule has 0 aliphatic carbocycles. The van der Waals surface area contributed by atoms with Crippen molar-refractivity contribution in [3.05, 3.63) is 102 Å². The number of hydrogen-bond donors (Lipinski definition) is 0. The van der Waals surface area contributed by atoms with Crippen LogP contribution in [0.1, 0.15) is 11.1 Å². The van der Waals surface area contributed by atoms with E-state index >= 15 is 0 Å². The fourth-order valence-electron chi connectivity index (χ4n) is 2.91. The van der Waals surface area contributed by atoms with Gasteiger partial charge in [0.2, 0.25) is 0 Å². The molecule has 126 valence electrons. The van der Waals surface area contributed by atoms with E-state index in [0.717, 1.165) is 28.1 Å². The zero-order valence-electron chi connectivity index (χ0n) is 13.9. The molecular weight excluding hydrogens is 328 g/mol. The number of aromatic nitrogens is 1. The molecule has 0 fully saturated rings. The Morgan fingerprint density at radius 1 is 0.731 bits per heavy atom. The lowest BCUT2D eigenvalue weighted by Crippen LogP contribution is -1.95. The van der Waals surface area contributed by atoms with E-state index in [9.17, 15) is 8.78 Å². The van der Waals surface area contributed by atoms with Crippen molar-refractivity contribution in [1.29, 1.82) is 0 Å². The van der Waals surface area contributed by atoms with Crippen LogP contribution in [-0.2, 0) is 0 Å². The standard InChI is InChI=1S/C23H15F2N/c24-20-11-6-10-19(22(20)25)23-18(14-13-16-7-2-1-3-8-16)15-17-9-4-5-12-21(17)26-23/h1-15H/b14-13+. The number of halogens is 2. The van der Waals surface area contributed by atoms with Crippen LogP contribution in [0.4, 0.5) is 8.78 Å². The SMILES string of the molecule is Fc1cccc(-c2nc3ccccc3cc2/C=C/c2ccccc2)c1F. The van der Waals surface area contributed by atoms with Crippen molar-refractivity contribution in [2.75, 3.05) is 0 Å². The lowest BCUT2D eigenvalue weighted by atomic mass is 10.0. The molecule has 0 amide bonds. The van der Waals surface area contributed by atoms with Crippen LogP contribution in [0.3, 0.4) is 0 Å². The number of rotatable bonds is 3. The highest BCUT2D eigenvalue weighted by Crippen LogP contribution is 2.30. The average Bonchev–Trinajstić information content (AvgIpc) is 2.69. The van der Waals surface area contributed by atoms with Crippen molar-refractivity contribution in [2.45, 2.75) is 0 Å². The van der Waals surface area contributed by atoms with Crippen LogP contribution in [0, 0.1) is 11.6 Å². The van der Waals surface area contributed by atoms with Crippen LogP contribution in [-0.4, -0.2) is 4.98 Å². The minimum atomic E-state index is -0.885. The van der Waals surface area contributed by atoms with Gasteiger partial charge in [0, 0.05) is 16.5 Å². The summed E-state index contributed by atoms with van der Waals surface area (Å²) in [6, 6.07) is 23.5. The number of hydrogen-bond acceptors (Lipinski definition) is 1. The molecule has 4 rings (SSSR count). The third kappa shape index (κ3) is 3.11. The first-order valence-electron chi connectivity index (χ1n) is 8.30. The maximum Gasteiger partial charge on any atom is 0.168 e. The molecule has 0 saturated carbocycles. The lowest BCUT2D eigenvalue weighted by Gasteiger charge is -2.10. The highest BCUT2D eigenvalue weighted by atomic mass is 19.2. The molecular formula is C23H15F2N. The molecule has 0 aliphatic heterocycles. The summed E-state index contributed by atoms with van der Waals surface area (Å²) >= 11 is 0. The second-order valence-electron chi connectivity index (χ2n) is 5.96. The van der Waals surface area contributed by atoms with Gasteiger partial charge in [-0.25, -0.2) is 13.8 Å². The minimum absolute atomic E-state index is 0.156. The van der Waals surface area contributed by atoms with Crippen molar-refractivity contribution in [3.8, 4) is 11.3 Å². The van der Waals surface area contributed by atoms with Gasteiger partial charge in [0.1, 0.15) is 0 Å². The maximum absolute atomic E-state index is 14.4. The van der Waals surface area contributed by atoms with Gasteiger partial charge in [-0.1, -0.05) is 66.7 Å². The van der Waals surface area contributed by atoms with Gasteiger partial charge < -0.3 is 0 Å². The van der Waals surface area contributed by atoms with Gasteiger partial charge in [-0.3, -0.25) is 0 Å². The molecule has 0 saturated heterocycles. The van der Waals surface area contributed by atoms with Gasteiger partial charge in [0.25, 0.3) is 0 Å². The zero-order valence-corrected chi connectivity index (χ0v) is 13.9. The normalized spacial score (nSPS) is 11.3. The van der Waals surface area contributed by atoms with Crippen LogP contribution >= 0.6 is 0 Å². The van der Waals surface area contributed by atoms with E-state index in [2.05, 4.69) is 4.98 Å². The molecule has 0 unspecified atom stereocenters. The Morgan fingerprint density at radius 3 is 2.35 bits per heavy atom. The summed E-state index contributed by atoms with van der Waals surface area (Å²) in [6.07, 6.45) is 3.82. The third-order valence-corrected chi connectivity index (χ3v) is 4.22. The van der Waals surface area contributed by atoms with Crippen LogP contribution < -0.4 is 0 Å². The van der Waals surface area contributed by atoms with E-state index in [1.165, 1.54) is 6.07 Å². The van der Waals surface area contributed by atoms with Gasteiger partial charge in [-0.15, -0.1) is 0 Å². The van der Waals surface area contributed by atoms with Gasteiger partial charge in [-0.2, -0.15) is 0 Å². The Labute approximate surface area is 150 Å². The Balaban J connectivity index is 1.92. The van der Waals surface area contributed by atoms with E-state index in [1.807, 2.05) is 72.8 Å². The second kappa shape index (κ2) is 6.89. The predicted molar refractivity (Wildman–Crippen MR) is 102 cm³/mol. The third-order valence-electron chi connectivity index (χ3n) is 4.22. The molecule has 3 aromatic carbocycles. The summed E-state index contributed by atoms with van der Waals surface area (Å²) in [7, 11) is 0. The smallest absolute Gasteiger partial charge is 0.168 e. The molecule has 26 heavy (non-hydrogen) atoms. The summed E-state index contributed by atoms with van der Waals surface area (Å²) in [5.41, 5.74) is 3.07. The monoisotopic (exact) mass is 343 g/mol. The highest BCUT2D eigenvalue weighted by molar-refractivity contribution is 5.89. The Hall–Kier alpha value is -3.33. The van der Waals surface area contributed by atoms with Crippen LogP contribution in [0.15, 0.2) is 78.9 Å². The van der Waals surface area contributed by atoms with Crippen molar-refractivity contribution in [3.63, 3.8) is 0 Å². The van der Waals surface area contributed by atoms with E-state index in [0.29, 0.717) is 5.69 Å². The van der Waals surface area contributed by atoms with Crippen molar-refractivity contribution < 1.29 is 8.78 Å². The number of para-hydroxylation sites is 1. The molecule has 0 N–H and O–H groups in total. The Bertz CT molecular complexity index is 1100. The fraction of sp³-hybridized carbons (Fsp3) is 0. The molecule has 0 aliphatic rings. The first kappa shape index (κ1) is 16.2. The first-order valence-corrected chi connectivity index (χ1v) is 8.30. The van der Waals surface area contributed by atoms with Gasteiger partial charge >= 0.3 is 0 Å². The summed E-state index contributed by atoms with van der Waals surface area (Å²) < 4.78 is 28.1. The molecule has 0 bridgehead atoms. The van der Waals surface area contributed by atoms with Crippen LogP contribution in [0.25, 0.3) is 34.3 Å². The van der Waals surface area contributed by atoms with E-state index < -0.39 is 11.6 Å². The average molecular weight is 343 g/mol. The van der Waals surface area contributed by atoms with E-state index in [1.54, 1.807) is 6.07 Å². The topological polar surface area (TPSA) is 12.9 Å². The van der Waals surface area contributed by atoms with Crippen molar-refractivity contribution >= 4 is 23.1 Å².